The molecule has 0 aromatic carbocycles. The maximum absolute atomic E-state index is 10.7. The van der Waals surface area contributed by atoms with Crippen molar-refractivity contribution in [2.45, 2.75) is 12.5 Å². The molecular weight excluding hydrogens is 260 g/mol. The molecule has 1 unspecified atom stereocenters. The van der Waals surface area contributed by atoms with Crippen LogP contribution in [0, 0.1) is 0 Å². The fourth-order valence-electron chi connectivity index (χ4n) is 1.13. The molecule has 80 valence electrons. The Balaban J connectivity index is 3.02. The number of rotatable bonds is 4. The van der Waals surface area contributed by atoms with Gasteiger partial charge in [0.25, 0.3) is 0 Å². The molecular formula is C10H11BrN2O2. The molecule has 1 heterocycles. The summed E-state index contributed by atoms with van der Waals surface area (Å²) in [6.07, 6.45) is 3.59. The third-order valence-corrected chi connectivity index (χ3v) is 2.52. The molecule has 0 saturated carbocycles. The van der Waals surface area contributed by atoms with Gasteiger partial charge in [0.1, 0.15) is 0 Å². The van der Waals surface area contributed by atoms with E-state index in [4.69, 9.17) is 10.8 Å². The number of carboxylic acid groups (broad SMARTS) is 1. The number of halogens is 1. The molecule has 0 saturated heterocycles. The Hall–Kier alpha value is -1.20. The minimum Gasteiger partial charge on any atom is -0.478 e. The molecule has 5 heteroatoms. The maximum atomic E-state index is 10.7. The molecule has 0 aliphatic carbocycles. The molecule has 0 radical (unpaired) electrons. The standard InChI is InChI=1S/C10H11BrN2O2/c1-2-3-8(12)9-7(11)4-6(5-13-9)10(14)15/h2,4-5,8H,1,3,12H2,(H,14,15). The van der Waals surface area contributed by atoms with E-state index in [0.29, 0.717) is 16.6 Å². The Labute approximate surface area is 95.9 Å². The van der Waals surface area contributed by atoms with Crippen LogP contribution in [-0.2, 0) is 0 Å². The number of aromatic nitrogens is 1. The van der Waals surface area contributed by atoms with Crippen LogP contribution in [0.2, 0.25) is 0 Å². The van der Waals surface area contributed by atoms with E-state index in [9.17, 15) is 4.79 Å². The van der Waals surface area contributed by atoms with Crippen LogP contribution in [0.4, 0.5) is 0 Å². The third-order valence-electron chi connectivity index (χ3n) is 1.89. The molecule has 1 aromatic rings. The number of hydrogen-bond acceptors (Lipinski definition) is 3. The topological polar surface area (TPSA) is 76.2 Å². The summed E-state index contributed by atoms with van der Waals surface area (Å²) in [4.78, 5) is 14.7. The first kappa shape index (κ1) is 11.9. The lowest BCUT2D eigenvalue weighted by Crippen LogP contribution is -2.12. The number of carboxylic acids is 1. The normalized spacial score (nSPS) is 12.1. The molecule has 1 atom stereocenters. The summed E-state index contributed by atoms with van der Waals surface area (Å²) in [6, 6.07) is 1.23. The highest BCUT2D eigenvalue weighted by Gasteiger charge is 2.12. The van der Waals surface area contributed by atoms with Crippen molar-refractivity contribution in [3.63, 3.8) is 0 Å². The number of carbonyl (C=O) groups is 1. The average molecular weight is 271 g/mol. The van der Waals surface area contributed by atoms with Gasteiger partial charge in [0.05, 0.1) is 17.3 Å². The van der Waals surface area contributed by atoms with Gasteiger partial charge in [0.2, 0.25) is 0 Å². The van der Waals surface area contributed by atoms with Crippen LogP contribution >= 0.6 is 15.9 Å². The zero-order valence-corrected chi connectivity index (χ0v) is 9.57. The molecule has 1 rings (SSSR count). The zero-order chi connectivity index (χ0) is 11.4. The molecule has 0 amide bonds. The third kappa shape index (κ3) is 2.87. The van der Waals surface area contributed by atoms with Crippen LogP contribution in [0.3, 0.4) is 0 Å². The number of hydrogen-bond donors (Lipinski definition) is 2. The van der Waals surface area contributed by atoms with Crippen molar-refractivity contribution in [3.8, 4) is 0 Å². The zero-order valence-electron chi connectivity index (χ0n) is 7.98. The molecule has 1 aromatic heterocycles. The quantitative estimate of drug-likeness (QED) is 0.822. The van der Waals surface area contributed by atoms with E-state index in [1.54, 1.807) is 6.08 Å². The molecule has 0 spiro atoms. The molecule has 0 aliphatic rings. The van der Waals surface area contributed by atoms with Gasteiger partial charge in [-0.25, -0.2) is 4.79 Å². The number of aromatic carboxylic acids is 1. The van der Waals surface area contributed by atoms with Gasteiger partial charge in [-0.2, -0.15) is 0 Å². The summed E-state index contributed by atoms with van der Waals surface area (Å²) in [5.74, 6) is -1.01. The second-order valence-corrected chi connectivity index (χ2v) is 3.88. The highest BCUT2D eigenvalue weighted by Crippen LogP contribution is 2.23. The lowest BCUT2D eigenvalue weighted by molar-refractivity contribution is 0.0696. The Morgan fingerprint density at radius 2 is 2.47 bits per heavy atom. The molecule has 15 heavy (non-hydrogen) atoms. The molecule has 0 fully saturated rings. The van der Waals surface area contributed by atoms with E-state index in [0.717, 1.165) is 0 Å². The number of pyridine rings is 1. The second kappa shape index (κ2) is 5.04. The van der Waals surface area contributed by atoms with Crippen LogP contribution in [0.15, 0.2) is 29.4 Å². The van der Waals surface area contributed by atoms with Gasteiger partial charge in [0, 0.05) is 10.7 Å². The predicted molar refractivity (Wildman–Crippen MR) is 60.6 cm³/mol. The van der Waals surface area contributed by atoms with Gasteiger partial charge in [-0.3, -0.25) is 4.98 Å². The van der Waals surface area contributed by atoms with Gasteiger partial charge in [-0.15, -0.1) is 6.58 Å². The van der Waals surface area contributed by atoms with Crippen LogP contribution in [0.25, 0.3) is 0 Å². The van der Waals surface area contributed by atoms with Gasteiger partial charge in [-0.1, -0.05) is 6.08 Å². The fourth-order valence-corrected chi connectivity index (χ4v) is 1.77. The monoisotopic (exact) mass is 270 g/mol. The predicted octanol–water partition coefficient (Wildman–Crippen LogP) is 2.12. The Morgan fingerprint density at radius 3 is 2.93 bits per heavy atom. The summed E-state index contributed by atoms with van der Waals surface area (Å²) in [7, 11) is 0. The van der Waals surface area contributed by atoms with Gasteiger partial charge >= 0.3 is 5.97 Å². The minimum absolute atomic E-state index is 0.136. The van der Waals surface area contributed by atoms with E-state index in [-0.39, 0.29) is 11.6 Å². The van der Waals surface area contributed by atoms with E-state index < -0.39 is 5.97 Å². The molecule has 4 nitrogen and oxygen atoms in total. The molecule has 0 aliphatic heterocycles. The Bertz CT molecular complexity index is 393. The highest BCUT2D eigenvalue weighted by atomic mass is 79.9. The van der Waals surface area contributed by atoms with Gasteiger partial charge < -0.3 is 10.8 Å². The van der Waals surface area contributed by atoms with Crippen molar-refractivity contribution in [1.82, 2.24) is 4.98 Å². The second-order valence-electron chi connectivity index (χ2n) is 3.03. The largest absolute Gasteiger partial charge is 0.478 e. The fraction of sp³-hybridized carbons (Fsp3) is 0.200. The van der Waals surface area contributed by atoms with Crippen LogP contribution in [0.5, 0.6) is 0 Å². The lowest BCUT2D eigenvalue weighted by Gasteiger charge is -2.10. The van der Waals surface area contributed by atoms with E-state index >= 15 is 0 Å². The number of nitrogens with two attached hydrogens (primary N) is 1. The van der Waals surface area contributed by atoms with Crippen molar-refractivity contribution in [3.05, 3.63) is 40.6 Å². The van der Waals surface area contributed by atoms with Crippen molar-refractivity contribution < 1.29 is 9.90 Å². The van der Waals surface area contributed by atoms with Gasteiger partial charge in [0.15, 0.2) is 0 Å². The summed E-state index contributed by atoms with van der Waals surface area (Å²) in [5.41, 5.74) is 6.60. The van der Waals surface area contributed by atoms with E-state index in [1.165, 1.54) is 12.3 Å². The average Bonchev–Trinajstić information content (AvgIpc) is 2.17. The number of nitrogens with zero attached hydrogens (tertiary/aromatic N) is 1. The lowest BCUT2D eigenvalue weighted by atomic mass is 10.1. The first-order valence-corrected chi connectivity index (χ1v) is 5.10. The van der Waals surface area contributed by atoms with Crippen molar-refractivity contribution >= 4 is 21.9 Å². The van der Waals surface area contributed by atoms with Gasteiger partial charge in [-0.05, 0) is 28.4 Å². The van der Waals surface area contributed by atoms with E-state index in [2.05, 4.69) is 27.5 Å². The summed E-state index contributed by atoms with van der Waals surface area (Å²) in [5, 5.41) is 8.73. The summed E-state index contributed by atoms with van der Waals surface area (Å²) < 4.78 is 0.608. The minimum atomic E-state index is -1.01. The smallest absolute Gasteiger partial charge is 0.337 e. The van der Waals surface area contributed by atoms with Crippen LogP contribution in [0.1, 0.15) is 28.5 Å². The Kier molecular flexibility index (Phi) is 3.99. The van der Waals surface area contributed by atoms with Crippen LogP contribution < -0.4 is 5.73 Å². The molecule has 0 bridgehead atoms. The SMILES string of the molecule is C=CCC(N)c1ncc(C(=O)O)cc1Br. The Morgan fingerprint density at radius 1 is 1.80 bits per heavy atom. The van der Waals surface area contributed by atoms with Crippen LogP contribution in [-0.4, -0.2) is 16.1 Å². The van der Waals surface area contributed by atoms with Crippen molar-refractivity contribution in [1.29, 1.82) is 0 Å². The maximum Gasteiger partial charge on any atom is 0.337 e. The first-order valence-electron chi connectivity index (χ1n) is 4.31. The summed E-state index contributed by atoms with van der Waals surface area (Å²) in [6.45, 7) is 3.58. The summed E-state index contributed by atoms with van der Waals surface area (Å²) >= 11 is 3.25. The van der Waals surface area contributed by atoms with Crippen molar-refractivity contribution in [2.75, 3.05) is 0 Å². The van der Waals surface area contributed by atoms with E-state index in [1.807, 2.05) is 0 Å². The van der Waals surface area contributed by atoms with Crippen molar-refractivity contribution in [2.24, 2.45) is 5.73 Å². The first-order chi connectivity index (χ1) is 7.06. The highest BCUT2D eigenvalue weighted by molar-refractivity contribution is 9.10. The molecule has 3 N–H and O–H groups in total.